The van der Waals surface area contributed by atoms with Gasteiger partial charge in [-0.1, -0.05) is 0 Å². The molecule has 0 fully saturated rings. The molecule has 0 rings (SSSR count). The standard InChI is InChI=1S/3C3H7.ClH.Ti/c3*1-3-2;;/h3*3H,1-2H3;1H;/q3*-1;;+4/p-1. The molecule has 0 radical (unpaired) electrons. The second-order valence-corrected chi connectivity index (χ2v) is 1.73. The van der Waals surface area contributed by atoms with E-state index in [4.69, 9.17) is 0 Å². The van der Waals surface area contributed by atoms with E-state index in [0.717, 1.165) is 0 Å². The first kappa shape index (κ1) is 29.6. The fourth-order valence-corrected chi connectivity index (χ4v) is 0. The molecule has 0 aliphatic rings. The minimum absolute atomic E-state index is 0. The second-order valence-electron chi connectivity index (χ2n) is 1.73. The van der Waals surface area contributed by atoms with Crippen LogP contribution in [0.1, 0.15) is 41.5 Å². The predicted molar refractivity (Wildman–Crippen MR) is 46.9 cm³/mol. The Hall–Kier alpha value is 1.00. The van der Waals surface area contributed by atoms with Crippen molar-refractivity contribution in [2.45, 2.75) is 41.5 Å². The van der Waals surface area contributed by atoms with Crippen molar-refractivity contribution in [3.8, 4) is 0 Å². The van der Waals surface area contributed by atoms with Gasteiger partial charge in [-0.25, -0.2) is 0 Å². The third kappa shape index (κ3) is 885. The van der Waals surface area contributed by atoms with Gasteiger partial charge in [-0.15, -0.1) is 0 Å². The van der Waals surface area contributed by atoms with Crippen molar-refractivity contribution in [3.63, 3.8) is 0 Å². The minimum Gasteiger partial charge on any atom is -1.00 e. The van der Waals surface area contributed by atoms with Gasteiger partial charge >= 0.3 is 21.7 Å². The van der Waals surface area contributed by atoms with Crippen molar-refractivity contribution in [3.05, 3.63) is 19.3 Å². The summed E-state index contributed by atoms with van der Waals surface area (Å²) < 4.78 is 0. The SMILES string of the molecule is C[CH-]C.C[CH-]C.C[CH-]C.[Cl-].[Ti+4]. The fourth-order valence-electron chi connectivity index (χ4n) is 0. The molecule has 0 amide bonds. The fraction of sp³-hybridized carbons (Fsp3) is 0.667. The van der Waals surface area contributed by atoms with Gasteiger partial charge in [0.2, 0.25) is 0 Å². The first-order valence-electron chi connectivity index (χ1n) is 3.46. The summed E-state index contributed by atoms with van der Waals surface area (Å²) in [6.45, 7) is 12.0. The molecule has 0 aliphatic heterocycles. The van der Waals surface area contributed by atoms with Crippen LogP contribution < -0.4 is 12.4 Å². The van der Waals surface area contributed by atoms with Crippen LogP contribution in [0.3, 0.4) is 0 Å². The molecule has 0 nitrogen and oxygen atoms in total. The van der Waals surface area contributed by atoms with Crippen molar-refractivity contribution < 1.29 is 34.1 Å². The van der Waals surface area contributed by atoms with Gasteiger partial charge in [-0.2, -0.15) is 41.5 Å². The molecule has 0 aromatic carbocycles. The van der Waals surface area contributed by atoms with Crippen LogP contribution in [-0.4, -0.2) is 0 Å². The van der Waals surface area contributed by atoms with Gasteiger partial charge in [0.05, 0.1) is 0 Å². The number of hydrogen-bond donors (Lipinski definition) is 0. The Morgan fingerprint density at radius 3 is 0.545 bits per heavy atom. The maximum Gasteiger partial charge on any atom is 4.00 e. The van der Waals surface area contributed by atoms with Gasteiger partial charge in [0.15, 0.2) is 0 Å². The molecule has 0 N–H and O–H groups in total. The zero-order chi connectivity index (χ0) is 8.12. The van der Waals surface area contributed by atoms with Crippen LogP contribution in [0.4, 0.5) is 0 Å². The predicted octanol–water partition coefficient (Wildman–Crippen LogP) is 0.693. The van der Waals surface area contributed by atoms with E-state index >= 15 is 0 Å². The molecule has 68 valence electrons. The van der Waals surface area contributed by atoms with E-state index in [-0.39, 0.29) is 34.1 Å². The molecule has 0 aromatic rings. The molecule has 2 heteroatoms. The molecular formula is C9H21ClTi. The Bertz CT molecular complexity index is 14.3. The van der Waals surface area contributed by atoms with Gasteiger partial charge in [-0.05, 0) is 0 Å². The summed E-state index contributed by atoms with van der Waals surface area (Å²) in [6, 6.07) is 0. The molecule has 0 heterocycles. The van der Waals surface area contributed by atoms with E-state index in [1.54, 1.807) is 0 Å². The van der Waals surface area contributed by atoms with Crippen molar-refractivity contribution in [1.29, 1.82) is 0 Å². The molecule has 0 bridgehead atoms. The van der Waals surface area contributed by atoms with Gasteiger partial charge in [0, 0.05) is 0 Å². The van der Waals surface area contributed by atoms with Gasteiger partial charge in [0.1, 0.15) is 0 Å². The van der Waals surface area contributed by atoms with Gasteiger partial charge in [0.25, 0.3) is 0 Å². The first-order chi connectivity index (χ1) is 4.24. The smallest absolute Gasteiger partial charge is 1.00 e. The van der Waals surface area contributed by atoms with Crippen LogP contribution >= 0.6 is 0 Å². The van der Waals surface area contributed by atoms with Crippen molar-refractivity contribution in [1.82, 2.24) is 0 Å². The Morgan fingerprint density at radius 2 is 0.545 bits per heavy atom. The monoisotopic (exact) mass is 212 g/mol. The van der Waals surface area contributed by atoms with Gasteiger partial charge < -0.3 is 31.7 Å². The normalized spacial score (nSPS) is 4.91. The first-order valence-corrected chi connectivity index (χ1v) is 3.46. The average molecular weight is 213 g/mol. The topological polar surface area (TPSA) is 0 Å². The largest absolute Gasteiger partial charge is 4.00 e. The van der Waals surface area contributed by atoms with E-state index in [0.29, 0.717) is 0 Å². The number of hydrogen-bond acceptors (Lipinski definition) is 0. The summed E-state index contributed by atoms with van der Waals surface area (Å²) in [6.07, 6.45) is 6.00. The van der Waals surface area contributed by atoms with Crippen LogP contribution in [0.2, 0.25) is 0 Å². The van der Waals surface area contributed by atoms with Gasteiger partial charge in [-0.3, -0.25) is 0 Å². The van der Waals surface area contributed by atoms with Crippen LogP contribution in [0, 0.1) is 19.3 Å². The van der Waals surface area contributed by atoms with Crippen molar-refractivity contribution in [2.24, 2.45) is 0 Å². The minimum atomic E-state index is 0. The van der Waals surface area contributed by atoms with E-state index < -0.39 is 0 Å². The summed E-state index contributed by atoms with van der Waals surface area (Å²) in [5, 5.41) is 0. The molecule has 11 heavy (non-hydrogen) atoms. The molecule has 0 saturated heterocycles. The van der Waals surface area contributed by atoms with E-state index in [9.17, 15) is 0 Å². The maximum absolute atomic E-state index is 2.00. The maximum atomic E-state index is 2.00. The number of rotatable bonds is 0. The Kier molecular flexibility index (Phi) is 185. The van der Waals surface area contributed by atoms with Crippen LogP contribution in [-0.2, 0) is 21.7 Å². The molecule has 0 unspecified atom stereocenters. The Labute approximate surface area is 94.8 Å². The summed E-state index contributed by atoms with van der Waals surface area (Å²) in [5.41, 5.74) is 0. The zero-order valence-electron chi connectivity index (χ0n) is 8.61. The summed E-state index contributed by atoms with van der Waals surface area (Å²) in [4.78, 5) is 0. The Balaban J connectivity index is -0.0000000150. The summed E-state index contributed by atoms with van der Waals surface area (Å²) in [7, 11) is 0. The summed E-state index contributed by atoms with van der Waals surface area (Å²) >= 11 is 0. The molecule has 0 atom stereocenters. The molecule has 0 saturated carbocycles. The van der Waals surface area contributed by atoms with Crippen molar-refractivity contribution in [2.75, 3.05) is 0 Å². The van der Waals surface area contributed by atoms with Crippen LogP contribution in [0.5, 0.6) is 0 Å². The zero-order valence-corrected chi connectivity index (χ0v) is 10.9. The molecular weight excluding hydrogens is 191 g/mol. The van der Waals surface area contributed by atoms with Crippen molar-refractivity contribution >= 4 is 0 Å². The Morgan fingerprint density at radius 1 is 0.545 bits per heavy atom. The van der Waals surface area contributed by atoms with E-state index in [2.05, 4.69) is 0 Å². The van der Waals surface area contributed by atoms with E-state index in [1.165, 1.54) is 0 Å². The molecule has 0 spiro atoms. The van der Waals surface area contributed by atoms with Crippen LogP contribution in [0.25, 0.3) is 0 Å². The third-order valence-corrected chi connectivity index (χ3v) is 0. The summed E-state index contributed by atoms with van der Waals surface area (Å²) in [5.74, 6) is 0. The quantitative estimate of drug-likeness (QED) is 0.410. The van der Waals surface area contributed by atoms with Crippen LogP contribution in [0.15, 0.2) is 0 Å². The molecule has 0 aromatic heterocycles. The van der Waals surface area contributed by atoms with E-state index in [1.807, 2.05) is 60.8 Å². The third-order valence-electron chi connectivity index (χ3n) is 0. The second kappa shape index (κ2) is 68.7. The molecule has 0 aliphatic carbocycles. The number of halogens is 1. The average Bonchev–Trinajstić information content (AvgIpc) is 1.70.